The number of benzene rings is 2. The smallest absolute Gasteiger partial charge is 0.231 e. The number of carbonyl (C=O) groups excluding carboxylic acids is 1. The maximum Gasteiger partial charge on any atom is 0.231 e. The summed E-state index contributed by atoms with van der Waals surface area (Å²) in [6.45, 7) is 8.61. The Hall–Kier alpha value is -2.86. The number of hydrogen-bond acceptors (Lipinski definition) is 4. The van der Waals surface area contributed by atoms with Gasteiger partial charge in [-0.3, -0.25) is 4.79 Å². The molecule has 1 atom stereocenters. The average Bonchev–Trinajstić information content (AvgIpc) is 3.29. The molecular formula is C27H30FNO4. The monoisotopic (exact) mass is 451 g/mol. The third-order valence-corrected chi connectivity index (χ3v) is 6.84. The molecule has 1 saturated carbocycles. The lowest BCUT2D eigenvalue weighted by molar-refractivity contribution is -0.120. The van der Waals surface area contributed by atoms with Gasteiger partial charge in [0.05, 0.1) is 17.0 Å². The second-order valence-corrected chi connectivity index (χ2v) is 10.5. The van der Waals surface area contributed by atoms with E-state index < -0.39 is 11.5 Å². The summed E-state index contributed by atoms with van der Waals surface area (Å²) in [5.74, 6) is 0.991. The van der Waals surface area contributed by atoms with Crippen molar-refractivity contribution in [3.8, 4) is 11.5 Å². The molecule has 0 unspecified atom stereocenters. The van der Waals surface area contributed by atoms with Gasteiger partial charge >= 0.3 is 0 Å². The van der Waals surface area contributed by atoms with Crippen LogP contribution < -0.4 is 9.47 Å². The van der Waals surface area contributed by atoms with E-state index >= 15 is 4.39 Å². The van der Waals surface area contributed by atoms with Crippen LogP contribution in [0, 0.1) is 5.82 Å². The first kappa shape index (κ1) is 22.0. The maximum atomic E-state index is 15.2. The second kappa shape index (κ2) is 7.59. The van der Waals surface area contributed by atoms with Crippen LogP contribution in [0.1, 0.15) is 57.4 Å². The predicted molar refractivity (Wildman–Crippen MR) is 124 cm³/mol. The van der Waals surface area contributed by atoms with Crippen molar-refractivity contribution < 1.29 is 23.8 Å². The summed E-state index contributed by atoms with van der Waals surface area (Å²) in [6, 6.07) is 11.0. The minimum absolute atomic E-state index is 0.0269. The van der Waals surface area contributed by atoms with E-state index in [1.165, 1.54) is 6.07 Å². The molecule has 2 aliphatic rings. The zero-order valence-electron chi connectivity index (χ0n) is 19.6. The first-order valence-corrected chi connectivity index (χ1v) is 11.5. The number of ketones is 1. The summed E-state index contributed by atoms with van der Waals surface area (Å²) in [7, 11) is 0. The van der Waals surface area contributed by atoms with Crippen LogP contribution in [-0.4, -0.2) is 28.4 Å². The number of hydrogen-bond donors (Lipinski definition) is 1. The van der Waals surface area contributed by atoms with Gasteiger partial charge in [0.25, 0.3) is 0 Å². The molecule has 0 bridgehead atoms. The molecule has 5 rings (SSSR count). The molecule has 1 N–H and O–H groups in total. The Bertz CT molecular complexity index is 1250. The lowest BCUT2D eigenvalue weighted by Crippen LogP contribution is -2.23. The van der Waals surface area contributed by atoms with E-state index in [-0.39, 0.29) is 30.2 Å². The SMILES string of the molecule is C[C@@H](O)Cn1c(C(C)(C)C)cc2cc(CC(=O)C3(c4ccc5c(c4)OCO5)CC3)c(F)cc21. The fraction of sp³-hybridized carbons (Fsp3) is 0.444. The predicted octanol–water partition coefficient (Wildman–Crippen LogP) is 5.03. The van der Waals surface area contributed by atoms with Crippen molar-refractivity contribution >= 4 is 16.7 Å². The largest absolute Gasteiger partial charge is 0.454 e. The van der Waals surface area contributed by atoms with E-state index in [9.17, 15) is 9.90 Å². The van der Waals surface area contributed by atoms with Crippen LogP contribution in [0.3, 0.4) is 0 Å². The van der Waals surface area contributed by atoms with Gasteiger partial charge < -0.3 is 19.1 Å². The number of ether oxygens (including phenoxy) is 2. The van der Waals surface area contributed by atoms with Crippen LogP contribution in [0.5, 0.6) is 11.5 Å². The highest BCUT2D eigenvalue weighted by Gasteiger charge is 2.51. The zero-order valence-corrected chi connectivity index (χ0v) is 19.6. The summed E-state index contributed by atoms with van der Waals surface area (Å²) in [4.78, 5) is 13.4. The molecule has 0 saturated heterocycles. The molecule has 174 valence electrons. The molecule has 33 heavy (non-hydrogen) atoms. The van der Waals surface area contributed by atoms with Gasteiger partial charge in [0.2, 0.25) is 6.79 Å². The van der Waals surface area contributed by atoms with Crippen LogP contribution in [0.15, 0.2) is 36.4 Å². The molecule has 0 radical (unpaired) electrons. The molecule has 6 heteroatoms. The first-order valence-electron chi connectivity index (χ1n) is 11.5. The second-order valence-electron chi connectivity index (χ2n) is 10.5. The van der Waals surface area contributed by atoms with Gasteiger partial charge in [-0.25, -0.2) is 4.39 Å². The van der Waals surface area contributed by atoms with E-state index in [0.717, 1.165) is 35.0 Å². The van der Waals surface area contributed by atoms with Crippen molar-refractivity contribution in [3.05, 3.63) is 59.0 Å². The van der Waals surface area contributed by atoms with E-state index in [1.807, 2.05) is 22.8 Å². The number of carbonyl (C=O) groups is 1. The Morgan fingerprint density at radius 1 is 1.15 bits per heavy atom. The number of nitrogens with zero attached hydrogens (tertiary/aromatic N) is 1. The quantitative estimate of drug-likeness (QED) is 0.571. The highest BCUT2D eigenvalue weighted by Crippen LogP contribution is 2.51. The number of aliphatic hydroxyl groups is 1. The fourth-order valence-electron chi connectivity index (χ4n) is 4.94. The molecule has 3 aromatic rings. The van der Waals surface area contributed by atoms with Gasteiger partial charge in [0.1, 0.15) is 11.6 Å². The van der Waals surface area contributed by atoms with Crippen LogP contribution in [0.4, 0.5) is 4.39 Å². The van der Waals surface area contributed by atoms with Crippen molar-refractivity contribution in [2.45, 2.75) is 70.4 Å². The van der Waals surface area contributed by atoms with Crippen LogP contribution in [0.25, 0.3) is 10.9 Å². The van der Waals surface area contributed by atoms with E-state index in [2.05, 4.69) is 26.8 Å². The van der Waals surface area contributed by atoms with Crippen molar-refractivity contribution in [2.24, 2.45) is 0 Å². The number of aliphatic hydroxyl groups excluding tert-OH is 1. The molecule has 0 spiro atoms. The van der Waals surface area contributed by atoms with Crippen LogP contribution in [0.2, 0.25) is 0 Å². The van der Waals surface area contributed by atoms with Crippen LogP contribution >= 0.6 is 0 Å². The topological polar surface area (TPSA) is 60.7 Å². The Morgan fingerprint density at radius 3 is 2.55 bits per heavy atom. The molecule has 0 amide bonds. The van der Waals surface area contributed by atoms with Gasteiger partial charge in [-0.1, -0.05) is 26.8 Å². The third kappa shape index (κ3) is 3.80. The van der Waals surface area contributed by atoms with Gasteiger partial charge in [0, 0.05) is 29.5 Å². The summed E-state index contributed by atoms with van der Waals surface area (Å²) in [5, 5.41) is 10.9. The van der Waals surface area contributed by atoms with E-state index in [4.69, 9.17) is 9.47 Å². The van der Waals surface area contributed by atoms with Crippen molar-refractivity contribution in [3.63, 3.8) is 0 Å². The fourth-order valence-corrected chi connectivity index (χ4v) is 4.94. The lowest BCUT2D eigenvalue weighted by atomic mass is 9.87. The zero-order chi connectivity index (χ0) is 23.5. The summed E-state index contributed by atoms with van der Waals surface area (Å²) in [5.41, 5.74) is 2.35. The van der Waals surface area contributed by atoms with E-state index in [0.29, 0.717) is 23.6 Å². The van der Waals surface area contributed by atoms with E-state index in [1.54, 1.807) is 13.0 Å². The van der Waals surface area contributed by atoms with Crippen molar-refractivity contribution in [2.75, 3.05) is 6.79 Å². The first-order chi connectivity index (χ1) is 15.6. The molecule has 1 fully saturated rings. The van der Waals surface area contributed by atoms with Gasteiger partial charge in [-0.2, -0.15) is 0 Å². The van der Waals surface area contributed by atoms with Crippen molar-refractivity contribution in [1.29, 1.82) is 0 Å². The maximum absolute atomic E-state index is 15.2. The Balaban J connectivity index is 1.48. The molecule has 2 heterocycles. The van der Waals surface area contributed by atoms with Gasteiger partial charge in [-0.15, -0.1) is 0 Å². The third-order valence-electron chi connectivity index (χ3n) is 6.84. The number of Topliss-reactive ketones (excluding diaryl/α,β-unsaturated/α-hetero) is 1. The van der Waals surface area contributed by atoms with Gasteiger partial charge in [-0.05, 0) is 61.2 Å². The Morgan fingerprint density at radius 2 is 1.88 bits per heavy atom. The molecule has 1 aromatic heterocycles. The minimum Gasteiger partial charge on any atom is -0.454 e. The number of aromatic nitrogens is 1. The number of rotatable bonds is 6. The molecule has 2 aromatic carbocycles. The Kier molecular flexibility index (Phi) is 5.05. The summed E-state index contributed by atoms with van der Waals surface area (Å²) in [6.07, 6.45) is 1.01. The summed E-state index contributed by atoms with van der Waals surface area (Å²) >= 11 is 0. The highest BCUT2D eigenvalue weighted by atomic mass is 19.1. The average molecular weight is 452 g/mol. The molecular weight excluding hydrogens is 421 g/mol. The normalized spacial score (nSPS) is 17.4. The number of halogens is 1. The minimum atomic E-state index is -0.572. The molecule has 5 nitrogen and oxygen atoms in total. The number of fused-ring (bicyclic) bond motifs is 2. The standard InChI is InChI=1S/C27H30FNO4/c1-16(30)14-29-21-13-20(28)17(9-18(21)10-24(29)26(2,3)4)11-25(31)27(7-8-27)19-5-6-22-23(12-19)33-15-32-22/h5-6,9-10,12-13,16,30H,7-8,11,14-15H2,1-4H3/t16-/m1/s1. The van der Waals surface area contributed by atoms with Crippen molar-refractivity contribution in [1.82, 2.24) is 4.57 Å². The summed E-state index contributed by atoms with van der Waals surface area (Å²) < 4.78 is 28.1. The Labute approximate surface area is 193 Å². The lowest BCUT2D eigenvalue weighted by Gasteiger charge is -2.23. The highest BCUT2D eigenvalue weighted by molar-refractivity contribution is 5.95. The molecule has 1 aliphatic heterocycles. The van der Waals surface area contributed by atoms with Crippen LogP contribution in [-0.2, 0) is 28.6 Å². The van der Waals surface area contributed by atoms with Gasteiger partial charge in [0.15, 0.2) is 11.5 Å². The molecule has 1 aliphatic carbocycles.